The first-order valence-electron chi connectivity index (χ1n) is 6.53. The van der Waals surface area contributed by atoms with Gasteiger partial charge in [-0.2, -0.15) is 0 Å². The summed E-state index contributed by atoms with van der Waals surface area (Å²) in [4.78, 5) is 25.1. The number of amides is 2. The van der Waals surface area contributed by atoms with Crippen molar-refractivity contribution in [2.75, 3.05) is 18.8 Å². The fourth-order valence-corrected chi connectivity index (χ4v) is 3.51. The second-order valence-electron chi connectivity index (χ2n) is 4.89. The van der Waals surface area contributed by atoms with Gasteiger partial charge in [-0.3, -0.25) is 9.59 Å². The lowest BCUT2D eigenvalue weighted by atomic mass is 10.1. The molecule has 4 nitrogen and oxygen atoms in total. The predicted octanol–water partition coefficient (Wildman–Crippen LogP) is 1.96. The lowest BCUT2D eigenvalue weighted by molar-refractivity contribution is -0.122. The maximum absolute atomic E-state index is 12.0. The molecule has 1 heterocycles. The van der Waals surface area contributed by atoms with Crippen molar-refractivity contribution < 1.29 is 9.59 Å². The number of aryl methyl sites for hydroxylation is 1. The fourth-order valence-electron chi connectivity index (χ4n) is 2.69. The van der Waals surface area contributed by atoms with Crippen LogP contribution < -0.4 is 5.32 Å². The highest BCUT2D eigenvalue weighted by Gasteiger charge is 2.27. The molecule has 0 saturated carbocycles. The Kier molecular flexibility index (Phi) is 3.46. The fraction of sp³-hybridized carbons (Fsp3) is 0.429. The Morgan fingerprint density at radius 1 is 1.42 bits per heavy atom. The van der Waals surface area contributed by atoms with E-state index in [0.29, 0.717) is 6.54 Å². The van der Waals surface area contributed by atoms with Crippen LogP contribution in [0.2, 0.25) is 0 Å². The molecule has 0 radical (unpaired) electrons. The third-order valence-corrected chi connectivity index (χ3v) is 4.54. The van der Waals surface area contributed by atoms with Crippen molar-refractivity contribution >= 4 is 22.9 Å². The van der Waals surface area contributed by atoms with Crippen LogP contribution in [0, 0.1) is 0 Å². The van der Waals surface area contributed by atoms with Crippen LogP contribution in [0.1, 0.15) is 23.6 Å². The minimum atomic E-state index is -0.0578. The Labute approximate surface area is 116 Å². The number of nitrogens with one attached hydrogen (secondary N) is 1. The Morgan fingerprint density at radius 2 is 2.26 bits per heavy atom. The van der Waals surface area contributed by atoms with Gasteiger partial charge in [0, 0.05) is 12.3 Å². The summed E-state index contributed by atoms with van der Waals surface area (Å²) in [7, 11) is 0. The average molecular weight is 276 g/mol. The van der Waals surface area contributed by atoms with E-state index in [9.17, 15) is 9.59 Å². The number of thioether (sulfide) groups is 1. The van der Waals surface area contributed by atoms with Crippen LogP contribution in [0.4, 0.5) is 4.79 Å². The van der Waals surface area contributed by atoms with Crippen LogP contribution in [-0.2, 0) is 11.2 Å². The van der Waals surface area contributed by atoms with Crippen LogP contribution >= 0.6 is 11.8 Å². The normalized spacial score (nSPS) is 21.6. The minimum absolute atomic E-state index is 0.0157. The maximum atomic E-state index is 12.0. The quantitative estimate of drug-likeness (QED) is 0.918. The lowest BCUT2D eigenvalue weighted by Crippen LogP contribution is -2.38. The first kappa shape index (κ1) is 12.5. The highest BCUT2D eigenvalue weighted by atomic mass is 32.2. The van der Waals surface area contributed by atoms with Gasteiger partial charge in [-0.25, -0.2) is 0 Å². The molecule has 1 aliphatic heterocycles. The van der Waals surface area contributed by atoms with Crippen LogP contribution in [-0.4, -0.2) is 34.9 Å². The smallest absolute Gasteiger partial charge is 0.282 e. The van der Waals surface area contributed by atoms with Gasteiger partial charge >= 0.3 is 0 Å². The van der Waals surface area contributed by atoms with Gasteiger partial charge in [0.25, 0.3) is 5.24 Å². The van der Waals surface area contributed by atoms with E-state index in [1.165, 1.54) is 22.9 Å². The summed E-state index contributed by atoms with van der Waals surface area (Å²) in [5.74, 6) is 0.732. The number of rotatable bonds is 3. The highest BCUT2D eigenvalue weighted by Crippen LogP contribution is 2.30. The van der Waals surface area contributed by atoms with Gasteiger partial charge in [-0.1, -0.05) is 36.0 Å². The van der Waals surface area contributed by atoms with Gasteiger partial charge in [0.15, 0.2) is 0 Å². The zero-order valence-corrected chi connectivity index (χ0v) is 11.4. The summed E-state index contributed by atoms with van der Waals surface area (Å²) in [6.07, 6.45) is 1.97. The number of benzene rings is 1. The molecule has 0 spiro atoms. The number of hydrogen-bond acceptors (Lipinski definition) is 3. The molecule has 5 heteroatoms. The van der Waals surface area contributed by atoms with E-state index in [0.717, 1.165) is 18.6 Å². The van der Waals surface area contributed by atoms with E-state index < -0.39 is 0 Å². The van der Waals surface area contributed by atoms with E-state index in [1.807, 2.05) is 12.1 Å². The molecule has 2 aliphatic rings. The number of nitrogens with zero attached hydrogens (tertiary/aromatic N) is 1. The van der Waals surface area contributed by atoms with E-state index in [1.54, 1.807) is 4.90 Å². The Balaban J connectivity index is 1.60. The van der Waals surface area contributed by atoms with Crippen LogP contribution in [0.3, 0.4) is 0 Å². The first-order chi connectivity index (χ1) is 9.24. The van der Waals surface area contributed by atoms with Gasteiger partial charge in [0.05, 0.1) is 6.04 Å². The standard InChI is InChI=1S/C14H16N2O2S/c17-13(9-16-7-8-19-14(16)18)15-12-6-5-10-3-1-2-4-11(10)12/h1-4,12H,5-9H2,(H,15,17)/t12-/m1/s1. The molecule has 100 valence electrons. The molecule has 0 unspecified atom stereocenters. The second kappa shape index (κ2) is 5.25. The third-order valence-electron chi connectivity index (χ3n) is 3.65. The van der Waals surface area contributed by atoms with E-state index in [4.69, 9.17) is 0 Å². The molecule has 1 aromatic carbocycles. The van der Waals surface area contributed by atoms with Crippen molar-refractivity contribution in [1.82, 2.24) is 10.2 Å². The molecular formula is C14H16N2O2S. The van der Waals surface area contributed by atoms with Crippen molar-refractivity contribution in [3.8, 4) is 0 Å². The lowest BCUT2D eigenvalue weighted by Gasteiger charge is -2.18. The number of fused-ring (bicyclic) bond motifs is 1. The number of carbonyl (C=O) groups is 2. The van der Waals surface area contributed by atoms with Crippen molar-refractivity contribution in [2.24, 2.45) is 0 Å². The summed E-state index contributed by atoms with van der Waals surface area (Å²) >= 11 is 1.29. The Bertz CT molecular complexity index is 518. The number of carbonyl (C=O) groups excluding carboxylic acids is 2. The summed E-state index contributed by atoms with van der Waals surface area (Å²) < 4.78 is 0. The van der Waals surface area contributed by atoms with Gasteiger partial charge in [-0.15, -0.1) is 0 Å². The average Bonchev–Trinajstić information content (AvgIpc) is 2.98. The molecule has 2 amide bonds. The largest absolute Gasteiger partial charge is 0.348 e. The van der Waals surface area contributed by atoms with Gasteiger partial charge < -0.3 is 10.2 Å². The monoisotopic (exact) mass is 276 g/mol. The highest BCUT2D eigenvalue weighted by molar-refractivity contribution is 8.13. The SMILES string of the molecule is O=C(CN1CCSC1=O)N[C@@H]1CCc2ccccc21. The van der Waals surface area contributed by atoms with E-state index in [-0.39, 0.29) is 23.7 Å². The van der Waals surface area contributed by atoms with Crippen molar-refractivity contribution in [1.29, 1.82) is 0 Å². The van der Waals surface area contributed by atoms with E-state index >= 15 is 0 Å². The Morgan fingerprint density at radius 3 is 3.05 bits per heavy atom. The Hall–Kier alpha value is -1.49. The van der Waals surface area contributed by atoms with Gasteiger partial charge in [0.1, 0.15) is 6.54 Å². The second-order valence-corrected chi connectivity index (χ2v) is 5.94. The van der Waals surface area contributed by atoms with E-state index in [2.05, 4.69) is 17.4 Å². The molecule has 3 rings (SSSR count). The molecule has 0 aromatic heterocycles. The summed E-state index contributed by atoms with van der Waals surface area (Å²) in [6, 6.07) is 8.33. The van der Waals surface area contributed by atoms with Gasteiger partial charge in [0.2, 0.25) is 5.91 Å². The molecule has 1 fully saturated rings. The molecule has 1 aromatic rings. The van der Waals surface area contributed by atoms with Crippen LogP contribution in [0.5, 0.6) is 0 Å². The van der Waals surface area contributed by atoms with Crippen molar-refractivity contribution in [3.05, 3.63) is 35.4 Å². The molecule has 19 heavy (non-hydrogen) atoms. The molecule has 1 N–H and O–H groups in total. The molecule has 1 aliphatic carbocycles. The summed E-state index contributed by atoms with van der Waals surface area (Å²) in [6.45, 7) is 0.864. The zero-order valence-electron chi connectivity index (χ0n) is 10.6. The number of hydrogen-bond donors (Lipinski definition) is 1. The van der Waals surface area contributed by atoms with Crippen molar-refractivity contribution in [2.45, 2.75) is 18.9 Å². The van der Waals surface area contributed by atoms with Gasteiger partial charge in [-0.05, 0) is 24.0 Å². The summed E-state index contributed by atoms with van der Waals surface area (Å²) in [5.41, 5.74) is 2.54. The molecule has 1 saturated heterocycles. The van der Waals surface area contributed by atoms with Crippen LogP contribution in [0.15, 0.2) is 24.3 Å². The first-order valence-corrected chi connectivity index (χ1v) is 7.51. The molecule has 1 atom stereocenters. The van der Waals surface area contributed by atoms with Crippen molar-refractivity contribution in [3.63, 3.8) is 0 Å². The zero-order chi connectivity index (χ0) is 13.2. The predicted molar refractivity (Wildman–Crippen MR) is 75.1 cm³/mol. The molecule has 0 bridgehead atoms. The third kappa shape index (κ3) is 2.61. The molecular weight excluding hydrogens is 260 g/mol. The summed E-state index contributed by atoms with van der Waals surface area (Å²) in [5, 5.41) is 3.06. The minimum Gasteiger partial charge on any atom is -0.348 e. The maximum Gasteiger partial charge on any atom is 0.282 e. The topological polar surface area (TPSA) is 49.4 Å². The van der Waals surface area contributed by atoms with Crippen LogP contribution in [0.25, 0.3) is 0 Å².